The molecule has 12 heavy (non-hydrogen) atoms. The van der Waals surface area contributed by atoms with Crippen LogP contribution in [0, 0.1) is 6.92 Å². The van der Waals surface area contributed by atoms with E-state index in [9.17, 15) is 0 Å². The van der Waals surface area contributed by atoms with Crippen LogP contribution in [0.5, 0.6) is 0 Å². The van der Waals surface area contributed by atoms with Gasteiger partial charge in [0.15, 0.2) is 18.9 Å². The second-order valence-corrected chi connectivity index (χ2v) is 2.82. The second kappa shape index (κ2) is 4.07. The first-order valence-electron chi connectivity index (χ1n) is 4.15. The summed E-state index contributed by atoms with van der Waals surface area (Å²) >= 11 is 0. The zero-order valence-corrected chi connectivity index (χ0v) is 7.67. The van der Waals surface area contributed by atoms with Crippen molar-refractivity contribution >= 4 is 5.69 Å². The molecule has 3 N–H and O–H groups in total. The van der Waals surface area contributed by atoms with Crippen LogP contribution in [0.1, 0.15) is 5.56 Å². The van der Waals surface area contributed by atoms with E-state index in [-0.39, 0.29) is 0 Å². The minimum atomic E-state index is 0.684. The summed E-state index contributed by atoms with van der Waals surface area (Å²) in [6.45, 7) is 3.65. The van der Waals surface area contributed by atoms with Gasteiger partial charge in [-0.05, 0) is 6.92 Å². The Morgan fingerprint density at radius 1 is 1.58 bits per heavy atom. The highest BCUT2D eigenvalue weighted by molar-refractivity contribution is 5.46. The van der Waals surface area contributed by atoms with Crippen LogP contribution in [0.15, 0.2) is 18.5 Å². The molecule has 0 spiro atoms. The van der Waals surface area contributed by atoms with Gasteiger partial charge in [-0.3, -0.25) is 0 Å². The standard InChI is InChI=1S/C9H15N3/c1-8-7-12(6-4-10)5-3-9(8)11-2/h3,5,7H,4,6,10H2,1-2H3/p+1. The van der Waals surface area contributed by atoms with Crippen LogP contribution in [0.25, 0.3) is 0 Å². The molecule has 0 fully saturated rings. The predicted molar refractivity (Wildman–Crippen MR) is 50.0 cm³/mol. The Balaban J connectivity index is 2.86. The van der Waals surface area contributed by atoms with Gasteiger partial charge in [-0.1, -0.05) is 0 Å². The largest absolute Gasteiger partial charge is 0.388 e. The van der Waals surface area contributed by atoms with E-state index in [1.807, 2.05) is 13.2 Å². The van der Waals surface area contributed by atoms with Crippen molar-refractivity contribution in [2.24, 2.45) is 5.73 Å². The van der Waals surface area contributed by atoms with E-state index in [2.05, 4.69) is 29.1 Å². The molecule has 0 bridgehead atoms. The van der Waals surface area contributed by atoms with Crippen molar-refractivity contribution in [1.29, 1.82) is 0 Å². The van der Waals surface area contributed by atoms with Gasteiger partial charge in [0.25, 0.3) is 0 Å². The molecule has 1 rings (SSSR count). The Hall–Kier alpha value is -1.09. The predicted octanol–water partition coefficient (Wildman–Crippen LogP) is 0.283. The molecule has 0 atom stereocenters. The van der Waals surface area contributed by atoms with Gasteiger partial charge in [0.1, 0.15) is 0 Å². The van der Waals surface area contributed by atoms with E-state index in [1.54, 1.807) is 0 Å². The maximum atomic E-state index is 5.44. The van der Waals surface area contributed by atoms with Crippen molar-refractivity contribution in [3.63, 3.8) is 0 Å². The average Bonchev–Trinajstić information content (AvgIpc) is 2.05. The zero-order chi connectivity index (χ0) is 8.97. The van der Waals surface area contributed by atoms with Crippen LogP contribution in [0.2, 0.25) is 0 Å². The normalized spacial score (nSPS) is 9.92. The topological polar surface area (TPSA) is 41.9 Å². The van der Waals surface area contributed by atoms with Crippen LogP contribution in [-0.2, 0) is 6.54 Å². The average molecular weight is 166 g/mol. The zero-order valence-electron chi connectivity index (χ0n) is 7.67. The monoisotopic (exact) mass is 166 g/mol. The van der Waals surface area contributed by atoms with Gasteiger partial charge in [-0.25, -0.2) is 4.57 Å². The van der Waals surface area contributed by atoms with E-state index < -0.39 is 0 Å². The summed E-state index contributed by atoms with van der Waals surface area (Å²) in [7, 11) is 1.93. The Labute approximate surface area is 73.2 Å². The third-order valence-corrected chi connectivity index (χ3v) is 1.87. The number of pyridine rings is 1. The molecule has 0 radical (unpaired) electrons. The molecular weight excluding hydrogens is 150 g/mol. The molecule has 0 aromatic carbocycles. The van der Waals surface area contributed by atoms with Crippen molar-refractivity contribution in [3.8, 4) is 0 Å². The Morgan fingerprint density at radius 2 is 2.33 bits per heavy atom. The van der Waals surface area contributed by atoms with E-state index in [1.165, 1.54) is 11.3 Å². The number of nitrogens with zero attached hydrogens (tertiary/aromatic N) is 1. The van der Waals surface area contributed by atoms with Gasteiger partial charge < -0.3 is 11.1 Å². The van der Waals surface area contributed by atoms with Gasteiger partial charge in [0.2, 0.25) is 0 Å². The molecule has 3 heteroatoms. The molecule has 1 aromatic heterocycles. The minimum Gasteiger partial charge on any atom is -0.388 e. The summed E-state index contributed by atoms with van der Waals surface area (Å²) in [5.41, 5.74) is 7.86. The lowest BCUT2D eigenvalue weighted by atomic mass is 10.2. The first-order valence-corrected chi connectivity index (χ1v) is 4.15. The summed E-state index contributed by atoms with van der Waals surface area (Å²) in [5, 5.41) is 3.12. The Bertz CT molecular complexity index is 258. The maximum Gasteiger partial charge on any atom is 0.173 e. The summed E-state index contributed by atoms with van der Waals surface area (Å²) in [6.07, 6.45) is 4.13. The number of hydrogen-bond acceptors (Lipinski definition) is 2. The van der Waals surface area contributed by atoms with Gasteiger partial charge in [0, 0.05) is 24.4 Å². The number of hydrogen-bond donors (Lipinski definition) is 2. The van der Waals surface area contributed by atoms with Crippen molar-refractivity contribution in [1.82, 2.24) is 0 Å². The lowest BCUT2D eigenvalue weighted by Crippen LogP contribution is -2.37. The van der Waals surface area contributed by atoms with Crippen molar-refractivity contribution in [2.75, 3.05) is 18.9 Å². The lowest BCUT2D eigenvalue weighted by molar-refractivity contribution is -0.694. The molecule has 0 saturated carbocycles. The second-order valence-electron chi connectivity index (χ2n) is 2.82. The molecule has 0 aliphatic rings. The van der Waals surface area contributed by atoms with Gasteiger partial charge >= 0.3 is 0 Å². The maximum absolute atomic E-state index is 5.44. The molecule has 0 unspecified atom stereocenters. The van der Waals surface area contributed by atoms with Crippen LogP contribution in [0.4, 0.5) is 5.69 Å². The molecule has 0 aliphatic heterocycles. The quantitative estimate of drug-likeness (QED) is 0.633. The third-order valence-electron chi connectivity index (χ3n) is 1.87. The van der Waals surface area contributed by atoms with Crippen LogP contribution < -0.4 is 15.6 Å². The fourth-order valence-electron chi connectivity index (χ4n) is 1.23. The van der Waals surface area contributed by atoms with Gasteiger partial charge in [-0.2, -0.15) is 0 Å². The molecule has 0 saturated heterocycles. The minimum absolute atomic E-state index is 0.684. The summed E-state index contributed by atoms with van der Waals surface area (Å²) < 4.78 is 2.09. The highest BCUT2D eigenvalue weighted by Gasteiger charge is 2.02. The fourth-order valence-corrected chi connectivity index (χ4v) is 1.23. The highest BCUT2D eigenvalue weighted by atomic mass is 15.0. The third kappa shape index (κ3) is 1.95. The van der Waals surface area contributed by atoms with E-state index >= 15 is 0 Å². The summed E-state index contributed by atoms with van der Waals surface area (Å²) in [6, 6.07) is 2.06. The van der Waals surface area contributed by atoms with E-state index in [4.69, 9.17) is 5.73 Å². The SMILES string of the molecule is CNc1cc[n+](CCN)cc1C. The van der Waals surface area contributed by atoms with Crippen molar-refractivity contribution in [3.05, 3.63) is 24.0 Å². The molecule has 0 amide bonds. The van der Waals surface area contributed by atoms with Crippen molar-refractivity contribution < 1.29 is 4.57 Å². The van der Waals surface area contributed by atoms with Crippen LogP contribution in [-0.4, -0.2) is 13.6 Å². The number of nitrogens with one attached hydrogen (secondary N) is 1. The van der Waals surface area contributed by atoms with Crippen LogP contribution in [0.3, 0.4) is 0 Å². The van der Waals surface area contributed by atoms with E-state index in [0.29, 0.717) is 6.54 Å². The fraction of sp³-hybridized carbons (Fsp3) is 0.444. The summed E-state index contributed by atoms with van der Waals surface area (Å²) in [4.78, 5) is 0. The summed E-state index contributed by atoms with van der Waals surface area (Å²) in [5.74, 6) is 0. The molecule has 1 heterocycles. The van der Waals surface area contributed by atoms with Gasteiger partial charge in [-0.15, -0.1) is 0 Å². The first-order chi connectivity index (χ1) is 5.77. The Kier molecular flexibility index (Phi) is 3.05. The number of rotatable bonds is 3. The lowest BCUT2D eigenvalue weighted by Gasteiger charge is -2.02. The number of aryl methyl sites for hydroxylation is 1. The number of anilines is 1. The first kappa shape index (κ1) is 9.00. The molecule has 0 aliphatic carbocycles. The molecule has 66 valence electrons. The number of aromatic nitrogens is 1. The molecular formula is C9H16N3+. The van der Waals surface area contributed by atoms with E-state index in [0.717, 1.165) is 6.54 Å². The van der Waals surface area contributed by atoms with Gasteiger partial charge in [0.05, 0.1) is 6.54 Å². The highest BCUT2D eigenvalue weighted by Crippen LogP contribution is 2.08. The van der Waals surface area contributed by atoms with Crippen LogP contribution >= 0.6 is 0 Å². The smallest absolute Gasteiger partial charge is 0.173 e. The molecule has 1 aromatic rings. The van der Waals surface area contributed by atoms with Crippen molar-refractivity contribution in [2.45, 2.75) is 13.5 Å². The number of nitrogens with two attached hydrogens (primary N) is 1. The molecule has 3 nitrogen and oxygen atoms in total. The Morgan fingerprint density at radius 3 is 2.83 bits per heavy atom.